The zero-order chi connectivity index (χ0) is 13.7. The van der Waals surface area contributed by atoms with Gasteiger partial charge in [-0.05, 0) is 37.7 Å². The van der Waals surface area contributed by atoms with E-state index >= 15 is 0 Å². The van der Waals surface area contributed by atoms with Crippen LogP contribution in [-0.4, -0.2) is 44.3 Å². The van der Waals surface area contributed by atoms with Crippen molar-refractivity contribution in [3.8, 4) is 0 Å². The van der Waals surface area contributed by atoms with Gasteiger partial charge in [0.25, 0.3) is 0 Å². The second kappa shape index (κ2) is 7.25. The molecule has 19 heavy (non-hydrogen) atoms. The zero-order valence-corrected chi connectivity index (χ0v) is 12.5. The quantitative estimate of drug-likeness (QED) is 0.899. The van der Waals surface area contributed by atoms with Gasteiger partial charge in [0.05, 0.1) is 18.8 Å². The van der Waals surface area contributed by atoms with Crippen LogP contribution in [0.15, 0.2) is 24.3 Å². The minimum atomic E-state index is 0.184. The molecule has 0 amide bonds. The molecule has 2 unspecified atom stereocenters. The Morgan fingerprint density at radius 2 is 2.37 bits per heavy atom. The molecule has 0 aromatic heterocycles. The van der Waals surface area contributed by atoms with Crippen molar-refractivity contribution >= 4 is 11.6 Å². The maximum absolute atomic E-state index is 6.08. The maximum atomic E-state index is 6.08. The van der Waals surface area contributed by atoms with Crippen LogP contribution in [0.1, 0.15) is 24.9 Å². The number of hydrogen-bond acceptors (Lipinski definition) is 3. The van der Waals surface area contributed by atoms with Crippen molar-refractivity contribution in [2.24, 2.45) is 0 Å². The SMILES string of the molecule is CCCN1CCOC(C(NC)c2cccc(Cl)c2)C1. The third-order valence-electron chi connectivity index (χ3n) is 3.61. The van der Waals surface area contributed by atoms with E-state index in [1.807, 2.05) is 25.2 Å². The van der Waals surface area contributed by atoms with Crippen LogP contribution in [0.25, 0.3) is 0 Å². The van der Waals surface area contributed by atoms with Crippen LogP contribution in [0.4, 0.5) is 0 Å². The van der Waals surface area contributed by atoms with Gasteiger partial charge in [-0.25, -0.2) is 0 Å². The van der Waals surface area contributed by atoms with Crippen LogP contribution in [0.3, 0.4) is 0 Å². The molecular formula is C15H23ClN2O. The molecule has 1 heterocycles. The topological polar surface area (TPSA) is 24.5 Å². The van der Waals surface area contributed by atoms with Crippen LogP contribution in [0.2, 0.25) is 5.02 Å². The Hall–Kier alpha value is -0.610. The average Bonchev–Trinajstić information content (AvgIpc) is 2.41. The summed E-state index contributed by atoms with van der Waals surface area (Å²) in [6, 6.07) is 8.22. The first-order valence-electron chi connectivity index (χ1n) is 7.01. The van der Waals surface area contributed by atoms with Crippen LogP contribution in [-0.2, 0) is 4.74 Å². The summed E-state index contributed by atoms with van der Waals surface area (Å²) in [5.74, 6) is 0. The highest BCUT2D eigenvalue weighted by atomic mass is 35.5. The van der Waals surface area contributed by atoms with Crippen LogP contribution in [0.5, 0.6) is 0 Å². The lowest BCUT2D eigenvalue weighted by molar-refractivity contribution is -0.0459. The Labute approximate surface area is 120 Å². The molecule has 1 fully saturated rings. The fourth-order valence-corrected chi connectivity index (χ4v) is 2.92. The Morgan fingerprint density at radius 1 is 1.53 bits per heavy atom. The fourth-order valence-electron chi connectivity index (χ4n) is 2.72. The number of ether oxygens (including phenoxy) is 1. The van der Waals surface area contributed by atoms with E-state index in [0.29, 0.717) is 0 Å². The first-order valence-corrected chi connectivity index (χ1v) is 7.39. The van der Waals surface area contributed by atoms with Crippen molar-refractivity contribution in [2.45, 2.75) is 25.5 Å². The number of nitrogens with one attached hydrogen (secondary N) is 1. The molecule has 106 valence electrons. The van der Waals surface area contributed by atoms with Gasteiger partial charge in [0.2, 0.25) is 0 Å². The highest BCUT2D eigenvalue weighted by Gasteiger charge is 2.28. The van der Waals surface area contributed by atoms with Crippen molar-refractivity contribution in [2.75, 3.05) is 33.3 Å². The first-order chi connectivity index (χ1) is 9.24. The van der Waals surface area contributed by atoms with E-state index in [0.717, 1.165) is 31.3 Å². The summed E-state index contributed by atoms with van der Waals surface area (Å²) in [6.45, 7) is 6.19. The Balaban J connectivity index is 2.08. The molecule has 0 aliphatic carbocycles. The molecule has 1 N–H and O–H groups in total. The minimum absolute atomic E-state index is 0.184. The summed E-state index contributed by atoms with van der Waals surface area (Å²) in [5.41, 5.74) is 1.19. The van der Waals surface area contributed by atoms with Gasteiger partial charge in [-0.3, -0.25) is 4.90 Å². The smallest absolute Gasteiger partial charge is 0.0896 e. The maximum Gasteiger partial charge on any atom is 0.0896 e. The van der Waals surface area contributed by atoms with Crippen LogP contribution >= 0.6 is 11.6 Å². The lowest BCUT2D eigenvalue weighted by Crippen LogP contribution is -2.47. The predicted octanol–water partition coefficient (Wildman–Crippen LogP) is 2.71. The Kier molecular flexibility index (Phi) is 5.64. The molecule has 1 aliphatic heterocycles. The highest BCUT2D eigenvalue weighted by molar-refractivity contribution is 6.30. The molecule has 0 radical (unpaired) electrons. The molecule has 0 spiro atoms. The lowest BCUT2D eigenvalue weighted by Gasteiger charge is -2.37. The van der Waals surface area contributed by atoms with E-state index in [1.54, 1.807) is 0 Å². The van der Waals surface area contributed by atoms with Gasteiger partial charge in [0.15, 0.2) is 0 Å². The normalized spacial score (nSPS) is 22.4. The van der Waals surface area contributed by atoms with Gasteiger partial charge < -0.3 is 10.1 Å². The largest absolute Gasteiger partial charge is 0.374 e. The van der Waals surface area contributed by atoms with E-state index in [2.05, 4.69) is 23.2 Å². The van der Waals surface area contributed by atoms with E-state index < -0.39 is 0 Å². The summed E-state index contributed by atoms with van der Waals surface area (Å²) >= 11 is 6.08. The fraction of sp³-hybridized carbons (Fsp3) is 0.600. The van der Waals surface area contributed by atoms with Gasteiger partial charge >= 0.3 is 0 Å². The predicted molar refractivity (Wildman–Crippen MR) is 79.7 cm³/mol. The number of hydrogen-bond donors (Lipinski definition) is 1. The Morgan fingerprint density at radius 3 is 3.05 bits per heavy atom. The lowest BCUT2D eigenvalue weighted by atomic mass is 10.00. The van der Waals surface area contributed by atoms with Gasteiger partial charge in [-0.15, -0.1) is 0 Å². The van der Waals surface area contributed by atoms with E-state index in [9.17, 15) is 0 Å². The molecule has 1 saturated heterocycles. The number of halogens is 1. The van der Waals surface area contributed by atoms with Gasteiger partial charge in [0, 0.05) is 18.1 Å². The molecule has 0 saturated carbocycles. The average molecular weight is 283 g/mol. The summed E-state index contributed by atoms with van der Waals surface area (Å²) in [4.78, 5) is 2.48. The van der Waals surface area contributed by atoms with Gasteiger partial charge in [-0.2, -0.15) is 0 Å². The second-order valence-corrected chi connectivity index (χ2v) is 5.47. The number of morpholine rings is 1. The number of rotatable bonds is 5. The molecule has 1 aromatic rings. The molecule has 3 nitrogen and oxygen atoms in total. The van der Waals surface area contributed by atoms with Crippen LogP contribution in [0, 0.1) is 0 Å². The van der Waals surface area contributed by atoms with E-state index in [-0.39, 0.29) is 12.1 Å². The number of likely N-dealkylation sites (N-methyl/N-ethyl adjacent to an activating group) is 1. The number of nitrogens with zero attached hydrogens (tertiary/aromatic N) is 1. The van der Waals surface area contributed by atoms with Gasteiger partial charge in [-0.1, -0.05) is 30.7 Å². The summed E-state index contributed by atoms with van der Waals surface area (Å²) in [7, 11) is 1.98. The molecule has 0 bridgehead atoms. The monoisotopic (exact) mass is 282 g/mol. The molecule has 1 aromatic carbocycles. The highest BCUT2D eigenvalue weighted by Crippen LogP contribution is 2.24. The minimum Gasteiger partial charge on any atom is -0.374 e. The summed E-state index contributed by atoms with van der Waals surface area (Å²) in [6.07, 6.45) is 1.37. The van der Waals surface area contributed by atoms with Crippen molar-refractivity contribution in [3.63, 3.8) is 0 Å². The third-order valence-corrected chi connectivity index (χ3v) is 3.84. The molecule has 2 rings (SSSR count). The zero-order valence-electron chi connectivity index (χ0n) is 11.7. The second-order valence-electron chi connectivity index (χ2n) is 5.03. The Bertz CT molecular complexity index is 397. The van der Waals surface area contributed by atoms with Gasteiger partial charge in [0.1, 0.15) is 0 Å². The number of benzene rings is 1. The first kappa shape index (κ1) is 14.8. The van der Waals surface area contributed by atoms with Crippen molar-refractivity contribution in [1.29, 1.82) is 0 Å². The molecular weight excluding hydrogens is 260 g/mol. The summed E-state index contributed by atoms with van der Waals surface area (Å²) < 4.78 is 5.95. The van der Waals surface area contributed by atoms with Crippen molar-refractivity contribution in [3.05, 3.63) is 34.9 Å². The molecule has 2 atom stereocenters. The van der Waals surface area contributed by atoms with Crippen molar-refractivity contribution in [1.82, 2.24) is 10.2 Å². The molecule has 4 heteroatoms. The van der Waals surface area contributed by atoms with E-state index in [1.165, 1.54) is 12.0 Å². The van der Waals surface area contributed by atoms with Crippen LogP contribution < -0.4 is 5.32 Å². The molecule has 1 aliphatic rings. The van der Waals surface area contributed by atoms with Crippen molar-refractivity contribution < 1.29 is 4.74 Å². The van der Waals surface area contributed by atoms with E-state index in [4.69, 9.17) is 16.3 Å². The standard InChI is InChI=1S/C15H23ClN2O/c1-3-7-18-8-9-19-14(11-18)15(17-2)12-5-4-6-13(16)10-12/h4-6,10,14-15,17H,3,7-9,11H2,1-2H3. The third kappa shape index (κ3) is 3.93. The summed E-state index contributed by atoms with van der Waals surface area (Å²) in [5, 5.41) is 4.14.